The Hall–Kier alpha value is -3.73. The van der Waals surface area contributed by atoms with Crippen molar-refractivity contribution >= 4 is 23.7 Å². The Morgan fingerprint density at radius 1 is 1.37 bits per heavy atom. The van der Waals surface area contributed by atoms with E-state index in [2.05, 4.69) is 31.8 Å². The fourth-order valence-electron chi connectivity index (χ4n) is 2.58. The second kappa shape index (κ2) is 8.10. The molecule has 3 rings (SSSR count). The standard InChI is InChI=1S/C19H20N8.H2/c1-3-27-12-17(13(2)26-27)24-19-23-11-16(9-21)18(25-19)22-10-15-7-5-4-6-14(15)8-20;/h4-7,9,11-12,21H,3,10H2,1-2H3,(H2,22,23,24,25);1H. The molecule has 0 atom stereocenters. The fraction of sp³-hybridized carbons (Fsp3) is 0.211. The maximum Gasteiger partial charge on any atom is 0.229 e. The van der Waals surface area contributed by atoms with Gasteiger partial charge in [0.2, 0.25) is 5.95 Å². The minimum Gasteiger partial charge on any atom is -0.365 e. The second-order valence-corrected chi connectivity index (χ2v) is 5.87. The highest BCUT2D eigenvalue weighted by atomic mass is 15.3. The Morgan fingerprint density at radius 3 is 2.89 bits per heavy atom. The summed E-state index contributed by atoms with van der Waals surface area (Å²) in [7, 11) is 0. The average molecular weight is 362 g/mol. The third-order valence-electron chi connectivity index (χ3n) is 4.07. The highest BCUT2D eigenvalue weighted by Gasteiger charge is 2.10. The molecule has 8 nitrogen and oxygen atoms in total. The summed E-state index contributed by atoms with van der Waals surface area (Å²) >= 11 is 0. The molecular weight excluding hydrogens is 340 g/mol. The number of nitrogens with zero attached hydrogens (tertiary/aromatic N) is 5. The van der Waals surface area contributed by atoms with E-state index in [1.807, 2.05) is 42.9 Å². The fourth-order valence-corrected chi connectivity index (χ4v) is 2.58. The summed E-state index contributed by atoms with van der Waals surface area (Å²) in [6.45, 7) is 5.14. The molecule has 0 aliphatic rings. The van der Waals surface area contributed by atoms with Crippen molar-refractivity contribution in [2.75, 3.05) is 10.6 Å². The van der Waals surface area contributed by atoms with Gasteiger partial charge >= 0.3 is 0 Å². The van der Waals surface area contributed by atoms with Gasteiger partial charge in [0, 0.05) is 33.1 Å². The second-order valence-electron chi connectivity index (χ2n) is 5.87. The van der Waals surface area contributed by atoms with E-state index in [-0.39, 0.29) is 1.43 Å². The first-order valence-corrected chi connectivity index (χ1v) is 8.55. The van der Waals surface area contributed by atoms with E-state index in [1.54, 1.807) is 12.3 Å². The number of anilines is 3. The lowest BCUT2D eigenvalue weighted by Crippen LogP contribution is -2.08. The number of benzene rings is 1. The van der Waals surface area contributed by atoms with Crippen molar-refractivity contribution < 1.29 is 1.43 Å². The zero-order valence-corrected chi connectivity index (χ0v) is 15.2. The monoisotopic (exact) mass is 362 g/mol. The minimum atomic E-state index is 0. The smallest absolute Gasteiger partial charge is 0.229 e. The maximum absolute atomic E-state index is 9.22. The van der Waals surface area contributed by atoms with Crippen LogP contribution in [-0.4, -0.2) is 26.0 Å². The first-order chi connectivity index (χ1) is 13.1. The van der Waals surface area contributed by atoms with Gasteiger partial charge in [0.25, 0.3) is 0 Å². The van der Waals surface area contributed by atoms with Crippen LogP contribution in [0.4, 0.5) is 17.5 Å². The molecule has 3 N–H and O–H groups in total. The molecule has 0 aliphatic heterocycles. The zero-order valence-electron chi connectivity index (χ0n) is 15.2. The molecule has 0 amide bonds. The Labute approximate surface area is 158 Å². The van der Waals surface area contributed by atoms with Gasteiger partial charge in [-0.3, -0.25) is 4.68 Å². The van der Waals surface area contributed by atoms with Crippen LogP contribution in [0.2, 0.25) is 0 Å². The van der Waals surface area contributed by atoms with Gasteiger partial charge in [-0.05, 0) is 25.5 Å². The Morgan fingerprint density at radius 2 is 2.19 bits per heavy atom. The third-order valence-corrected chi connectivity index (χ3v) is 4.07. The van der Waals surface area contributed by atoms with E-state index in [4.69, 9.17) is 5.41 Å². The topological polar surface area (TPSA) is 115 Å². The summed E-state index contributed by atoms with van der Waals surface area (Å²) in [5.74, 6) is 0.936. The summed E-state index contributed by atoms with van der Waals surface area (Å²) in [6, 6.07) is 9.56. The van der Waals surface area contributed by atoms with Crippen molar-refractivity contribution in [2.45, 2.75) is 26.9 Å². The number of nitriles is 1. The van der Waals surface area contributed by atoms with E-state index in [0.717, 1.165) is 23.5 Å². The van der Waals surface area contributed by atoms with E-state index in [1.165, 1.54) is 6.21 Å². The van der Waals surface area contributed by atoms with E-state index in [9.17, 15) is 5.26 Å². The normalized spacial score (nSPS) is 10.3. The van der Waals surface area contributed by atoms with E-state index in [0.29, 0.717) is 29.4 Å². The molecule has 2 heterocycles. The Kier molecular flexibility index (Phi) is 5.42. The largest absolute Gasteiger partial charge is 0.365 e. The van der Waals surface area contributed by atoms with Gasteiger partial charge in [0.05, 0.1) is 28.6 Å². The number of aryl methyl sites for hydroxylation is 2. The molecular formula is C19H22N8. The van der Waals surface area contributed by atoms with E-state index >= 15 is 0 Å². The number of hydrogen-bond donors (Lipinski definition) is 3. The molecule has 0 spiro atoms. The summed E-state index contributed by atoms with van der Waals surface area (Å²) in [6.07, 6.45) is 4.68. The summed E-state index contributed by atoms with van der Waals surface area (Å²) in [4.78, 5) is 8.75. The maximum atomic E-state index is 9.22. The Balaban J connectivity index is 0.00000280. The molecule has 0 fully saturated rings. The van der Waals surface area contributed by atoms with Crippen molar-refractivity contribution in [2.24, 2.45) is 0 Å². The Bertz CT molecular complexity index is 1010. The van der Waals surface area contributed by atoms with Crippen LogP contribution < -0.4 is 10.6 Å². The molecule has 3 aromatic rings. The van der Waals surface area contributed by atoms with Gasteiger partial charge < -0.3 is 16.0 Å². The molecule has 0 unspecified atom stereocenters. The lowest BCUT2D eigenvalue weighted by atomic mass is 10.1. The number of hydrogen-bond acceptors (Lipinski definition) is 7. The zero-order chi connectivity index (χ0) is 19.2. The number of aromatic nitrogens is 4. The molecule has 0 saturated heterocycles. The first-order valence-electron chi connectivity index (χ1n) is 8.55. The molecule has 138 valence electrons. The number of rotatable bonds is 7. The molecule has 8 heteroatoms. The predicted molar refractivity (Wildman–Crippen MR) is 106 cm³/mol. The van der Waals surface area contributed by atoms with Crippen molar-refractivity contribution in [3.05, 3.63) is 59.0 Å². The van der Waals surface area contributed by atoms with Gasteiger partial charge in [0.15, 0.2) is 0 Å². The van der Waals surface area contributed by atoms with Crippen LogP contribution in [0, 0.1) is 23.7 Å². The van der Waals surface area contributed by atoms with Gasteiger partial charge in [-0.15, -0.1) is 0 Å². The van der Waals surface area contributed by atoms with Crippen LogP contribution in [0.1, 0.15) is 30.7 Å². The van der Waals surface area contributed by atoms with Crippen LogP contribution >= 0.6 is 0 Å². The molecule has 0 bridgehead atoms. The SMILES string of the molecule is CCn1cc(Nc2ncc(C=N)c(NCc3ccccc3C#N)n2)c(C)n1.[HH]. The average Bonchev–Trinajstić information content (AvgIpc) is 3.06. The third kappa shape index (κ3) is 4.10. The number of nitrogens with one attached hydrogen (secondary N) is 3. The predicted octanol–water partition coefficient (Wildman–Crippen LogP) is 3.47. The molecule has 2 aromatic heterocycles. The summed E-state index contributed by atoms with van der Waals surface area (Å²) in [5.41, 5.74) is 3.73. The van der Waals surface area contributed by atoms with Crippen LogP contribution in [0.5, 0.6) is 0 Å². The van der Waals surface area contributed by atoms with Crippen molar-refractivity contribution in [3.63, 3.8) is 0 Å². The van der Waals surface area contributed by atoms with Crippen LogP contribution in [-0.2, 0) is 13.1 Å². The van der Waals surface area contributed by atoms with Gasteiger partial charge in [-0.25, -0.2) is 4.98 Å². The molecule has 27 heavy (non-hydrogen) atoms. The van der Waals surface area contributed by atoms with Crippen LogP contribution in [0.25, 0.3) is 0 Å². The summed E-state index contributed by atoms with van der Waals surface area (Å²) < 4.78 is 1.83. The molecule has 0 aliphatic carbocycles. The highest BCUT2D eigenvalue weighted by Crippen LogP contribution is 2.20. The van der Waals surface area contributed by atoms with Gasteiger partial charge in [-0.1, -0.05) is 18.2 Å². The lowest BCUT2D eigenvalue weighted by molar-refractivity contribution is 0.653. The summed E-state index contributed by atoms with van der Waals surface area (Å²) in [5, 5.41) is 27.5. The molecule has 0 radical (unpaired) electrons. The highest BCUT2D eigenvalue weighted by molar-refractivity contribution is 5.84. The van der Waals surface area contributed by atoms with Crippen LogP contribution in [0.3, 0.4) is 0 Å². The van der Waals surface area contributed by atoms with Gasteiger partial charge in [-0.2, -0.15) is 15.3 Å². The minimum absolute atomic E-state index is 0. The van der Waals surface area contributed by atoms with Crippen molar-refractivity contribution in [3.8, 4) is 6.07 Å². The van der Waals surface area contributed by atoms with Gasteiger partial charge in [0.1, 0.15) is 5.82 Å². The first kappa shape index (κ1) is 18.1. The quantitative estimate of drug-likeness (QED) is 0.554. The lowest BCUT2D eigenvalue weighted by Gasteiger charge is -2.11. The molecule has 1 aromatic carbocycles. The van der Waals surface area contributed by atoms with E-state index < -0.39 is 0 Å². The van der Waals surface area contributed by atoms with Crippen molar-refractivity contribution in [1.29, 1.82) is 10.7 Å². The van der Waals surface area contributed by atoms with Crippen molar-refractivity contribution in [1.82, 2.24) is 19.7 Å². The molecule has 0 saturated carbocycles. The van der Waals surface area contributed by atoms with Crippen LogP contribution in [0.15, 0.2) is 36.7 Å².